The minimum absolute atomic E-state index is 0.0543. The molecule has 1 aromatic rings. The number of benzene rings is 1. The Balaban J connectivity index is 2.85. The second kappa shape index (κ2) is 5.14. The summed E-state index contributed by atoms with van der Waals surface area (Å²) in [5.74, 6) is 0. The summed E-state index contributed by atoms with van der Waals surface area (Å²) in [6.45, 7) is 3.84. The summed E-state index contributed by atoms with van der Waals surface area (Å²) in [6.07, 6.45) is -0.425. The van der Waals surface area contributed by atoms with E-state index >= 15 is 0 Å². The van der Waals surface area contributed by atoms with Gasteiger partial charge in [0.25, 0.3) is 0 Å². The third-order valence-electron chi connectivity index (χ3n) is 1.68. The predicted molar refractivity (Wildman–Crippen MR) is 58.7 cm³/mol. The van der Waals surface area contributed by atoms with Crippen molar-refractivity contribution in [1.82, 2.24) is 0 Å². The largest absolute Gasteiger partial charge is 0.356 e. The monoisotopic (exact) mass is 253 g/mol. The number of hydrogen-bond acceptors (Lipinski definition) is 2. The van der Waals surface area contributed by atoms with Crippen molar-refractivity contribution in [3.63, 3.8) is 0 Å². The van der Waals surface area contributed by atoms with Crippen LogP contribution in [0.3, 0.4) is 0 Å². The second-order valence-corrected chi connectivity index (χ2v) is 4.16. The SMILES string of the molecule is CC(C)OC(C#N)c1cccc(Br)c1. The first kappa shape index (κ1) is 11.2. The van der Waals surface area contributed by atoms with E-state index in [1.165, 1.54) is 0 Å². The Hall–Kier alpha value is -0.850. The number of halogens is 1. The van der Waals surface area contributed by atoms with Gasteiger partial charge >= 0.3 is 0 Å². The molecule has 2 nitrogen and oxygen atoms in total. The highest BCUT2D eigenvalue weighted by atomic mass is 79.9. The molecule has 0 saturated heterocycles. The summed E-state index contributed by atoms with van der Waals surface area (Å²) in [4.78, 5) is 0. The van der Waals surface area contributed by atoms with Gasteiger partial charge in [0, 0.05) is 4.47 Å². The zero-order chi connectivity index (χ0) is 10.6. The zero-order valence-corrected chi connectivity index (χ0v) is 9.78. The van der Waals surface area contributed by atoms with Gasteiger partial charge in [-0.2, -0.15) is 5.26 Å². The molecule has 1 rings (SSSR count). The van der Waals surface area contributed by atoms with Crippen molar-refractivity contribution in [2.45, 2.75) is 26.1 Å². The zero-order valence-electron chi connectivity index (χ0n) is 8.20. The summed E-state index contributed by atoms with van der Waals surface area (Å²) in [6, 6.07) is 9.74. The molecular weight excluding hydrogens is 242 g/mol. The Morgan fingerprint density at radius 3 is 2.64 bits per heavy atom. The molecule has 0 spiro atoms. The fraction of sp³-hybridized carbons (Fsp3) is 0.364. The Labute approximate surface area is 92.6 Å². The summed E-state index contributed by atoms with van der Waals surface area (Å²) < 4.78 is 6.42. The van der Waals surface area contributed by atoms with Crippen LogP contribution < -0.4 is 0 Å². The van der Waals surface area contributed by atoms with Gasteiger partial charge in [0.15, 0.2) is 6.10 Å². The highest BCUT2D eigenvalue weighted by Crippen LogP contribution is 2.21. The van der Waals surface area contributed by atoms with Crippen LogP contribution in [0, 0.1) is 11.3 Å². The van der Waals surface area contributed by atoms with E-state index in [1.807, 2.05) is 38.1 Å². The molecule has 0 aromatic heterocycles. The van der Waals surface area contributed by atoms with Crippen molar-refractivity contribution in [2.24, 2.45) is 0 Å². The average Bonchev–Trinajstić information content (AvgIpc) is 2.14. The molecule has 74 valence electrons. The normalized spacial score (nSPS) is 12.5. The molecule has 14 heavy (non-hydrogen) atoms. The first-order valence-electron chi connectivity index (χ1n) is 4.44. The molecule has 0 N–H and O–H groups in total. The van der Waals surface area contributed by atoms with E-state index in [0.29, 0.717) is 0 Å². The first-order valence-corrected chi connectivity index (χ1v) is 5.23. The van der Waals surface area contributed by atoms with E-state index in [4.69, 9.17) is 10.00 Å². The van der Waals surface area contributed by atoms with Crippen LogP contribution in [-0.4, -0.2) is 6.10 Å². The fourth-order valence-corrected chi connectivity index (χ4v) is 1.54. The van der Waals surface area contributed by atoms with E-state index in [9.17, 15) is 0 Å². The quantitative estimate of drug-likeness (QED) is 0.827. The lowest BCUT2D eigenvalue weighted by Crippen LogP contribution is -2.08. The smallest absolute Gasteiger partial charge is 0.169 e. The van der Waals surface area contributed by atoms with Crippen molar-refractivity contribution in [2.75, 3.05) is 0 Å². The lowest BCUT2D eigenvalue weighted by Gasteiger charge is -2.13. The van der Waals surface area contributed by atoms with Crippen LogP contribution in [0.2, 0.25) is 0 Å². The maximum absolute atomic E-state index is 8.93. The molecule has 0 radical (unpaired) electrons. The minimum Gasteiger partial charge on any atom is -0.356 e. The van der Waals surface area contributed by atoms with Gasteiger partial charge in [0.1, 0.15) is 0 Å². The molecule has 1 aromatic carbocycles. The van der Waals surface area contributed by atoms with Gasteiger partial charge in [-0.05, 0) is 31.5 Å². The number of nitriles is 1. The van der Waals surface area contributed by atoms with Crippen molar-refractivity contribution in [3.05, 3.63) is 34.3 Å². The molecule has 0 heterocycles. The van der Waals surface area contributed by atoms with Gasteiger partial charge in [0.05, 0.1) is 12.2 Å². The Morgan fingerprint density at radius 1 is 1.43 bits per heavy atom. The van der Waals surface area contributed by atoms with Crippen LogP contribution in [0.4, 0.5) is 0 Å². The maximum Gasteiger partial charge on any atom is 0.169 e. The third kappa shape index (κ3) is 3.13. The molecular formula is C11H12BrNO. The minimum atomic E-state index is -0.479. The molecule has 0 aliphatic rings. The molecule has 3 heteroatoms. The standard InChI is InChI=1S/C11H12BrNO/c1-8(2)14-11(7-13)9-4-3-5-10(12)6-9/h3-6,8,11H,1-2H3. The maximum atomic E-state index is 8.93. The first-order chi connectivity index (χ1) is 6.63. The molecule has 0 amide bonds. The summed E-state index contributed by atoms with van der Waals surface area (Å²) in [7, 11) is 0. The molecule has 0 fully saturated rings. The lowest BCUT2D eigenvalue weighted by atomic mass is 10.1. The molecule has 1 unspecified atom stereocenters. The lowest BCUT2D eigenvalue weighted by molar-refractivity contribution is 0.0391. The molecule has 1 atom stereocenters. The van der Waals surface area contributed by atoms with Crippen LogP contribution in [0.25, 0.3) is 0 Å². The predicted octanol–water partition coefficient (Wildman–Crippen LogP) is 3.44. The van der Waals surface area contributed by atoms with E-state index in [2.05, 4.69) is 22.0 Å². The average molecular weight is 254 g/mol. The Bertz CT molecular complexity index is 343. The van der Waals surface area contributed by atoms with E-state index in [0.717, 1.165) is 10.0 Å². The van der Waals surface area contributed by atoms with E-state index in [1.54, 1.807) is 0 Å². The second-order valence-electron chi connectivity index (χ2n) is 3.25. The van der Waals surface area contributed by atoms with E-state index < -0.39 is 6.10 Å². The van der Waals surface area contributed by atoms with Crippen molar-refractivity contribution < 1.29 is 4.74 Å². The Kier molecular flexibility index (Phi) is 4.12. The third-order valence-corrected chi connectivity index (χ3v) is 2.17. The molecule has 0 saturated carbocycles. The fourth-order valence-electron chi connectivity index (χ4n) is 1.13. The van der Waals surface area contributed by atoms with Crippen molar-refractivity contribution >= 4 is 15.9 Å². The molecule has 0 bridgehead atoms. The topological polar surface area (TPSA) is 33.0 Å². The van der Waals surface area contributed by atoms with Crippen molar-refractivity contribution in [3.8, 4) is 6.07 Å². The van der Waals surface area contributed by atoms with Gasteiger partial charge < -0.3 is 4.74 Å². The molecule has 0 aliphatic heterocycles. The summed E-state index contributed by atoms with van der Waals surface area (Å²) >= 11 is 3.36. The van der Waals surface area contributed by atoms with E-state index in [-0.39, 0.29) is 6.10 Å². The Morgan fingerprint density at radius 2 is 2.14 bits per heavy atom. The number of hydrogen-bond donors (Lipinski definition) is 0. The number of nitrogens with zero attached hydrogens (tertiary/aromatic N) is 1. The highest BCUT2D eigenvalue weighted by molar-refractivity contribution is 9.10. The van der Waals surface area contributed by atoms with Gasteiger partial charge in [-0.25, -0.2) is 0 Å². The summed E-state index contributed by atoms with van der Waals surface area (Å²) in [5.41, 5.74) is 0.885. The molecule has 0 aliphatic carbocycles. The van der Waals surface area contributed by atoms with Gasteiger partial charge in [-0.3, -0.25) is 0 Å². The highest BCUT2D eigenvalue weighted by Gasteiger charge is 2.12. The van der Waals surface area contributed by atoms with Crippen molar-refractivity contribution in [1.29, 1.82) is 5.26 Å². The van der Waals surface area contributed by atoms with Crippen LogP contribution >= 0.6 is 15.9 Å². The van der Waals surface area contributed by atoms with Gasteiger partial charge in [-0.1, -0.05) is 28.1 Å². The number of ether oxygens (including phenoxy) is 1. The summed E-state index contributed by atoms with van der Waals surface area (Å²) in [5, 5.41) is 8.93. The van der Waals surface area contributed by atoms with Crippen LogP contribution in [0.5, 0.6) is 0 Å². The van der Waals surface area contributed by atoms with Gasteiger partial charge in [-0.15, -0.1) is 0 Å². The van der Waals surface area contributed by atoms with Crippen LogP contribution in [0.15, 0.2) is 28.7 Å². The van der Waals surface area contributed by atoms with Crippen LogP contribution in [-0.2, 0) is 4.74 Å². The number of rotatable bonds is 3. The van der Waals surface area contributed by atoms with Crippen LogP contribution in [0.1, 0.15) is 25.5 Å². The van der Waals surface area contributed by atoms with Gasteiger partial charge in [0.2, 0.25) is 0 Å².